The molecule has 0 saturated carbocycles. The standard InChI is InChI=1S/C26H26F3N5O2S/c1-32-7-8-34(15-24(32)35)20-9-17(11-30-12-20)13-33-6-5-21-22(16-37-23(21)14-33)25(36)31-19-4-2-3-18(10-19)26(27,28)29/h2-4,9-12,16H,5-8,13-15H2,1H3,(H,31,36). The van der Waals surface area contributed by atoms with Crippen molar-refractivity contribution in [2.45, 2.75) is 25.7 Å². The lowest BCUT2D eigenvalue weighted by molar-refractivity contribution is -0.137. The molecule has 1 saturated heterocycles. The number of amides is 2. The molecule has 0 bridgehead atoms. The lowest BCUT2D eigenvalue weighted by atomic mass is 10.0. The van der Waals surface area contributed by atoms with Crippen LogP contribution in [0.15, 0.2) is 48.1 Å². The Morgan fingerprint density at radius 2 is 1.97 bits per heavy atom. The van der Waals surface area contributed by atoms with Crippen LogP contribution in [-0.2, 0) is 30.5 Å². The molecule has 37 heavy (non-hydrogen) atoms. The van der Waals surface area contributed by atoms with Gasteiger partial charge in [-0.1, -0.05) is 6.07 Å². The fraction of sp³-hybridized carbons (Fsp3) is 0.346. The fourth-order valence-corrected chi connectivity index (χ4v) is 5.77. The minimum absolute atomic E-state index is 0.0887. The molecule has 194 valence electrons. The number of pyridine rings is 1. The molecular formula is C26H26F3N5O2S. The largest absolute Gasteiger partial charge is 0.416 e. The Labute approximate surface area is 216 Å². The summed E-state index contributed by atoms with van der Waals surface area (Å²) in [4.78, 5) is 36.5. The zero-order valence-electron chi connectivity index (χ0n) is 20.2. The number of carbonyl (C=O) groups is 2. The highest BCUT2D eigenvalue weighted by atomic mass is 32.1. The summed E-state index contributed by atoms with van der Waals surface area (Å²) < 4.78 is 39.0. The van der Waals surface area contributed by atoms with E-state index in [0.29, 0.717) is 38.2 Å². The van der Waals surface area contributed by atoms with E-state index in [2.05, 4.69) is 21.3 Å². The Bertz CT molecular complexity index is 1330. The normalized spacial score (nSPS) is 16.6. The van der Waals surface area contributed by atoms with Gasteiger partial charge in [-0.15, -0.1) is 11.3 Å². The first-order valence-electron chi connectivity index (χ1n) is 11.9. The van der Waals surface area contributed by atoms with Gasteiger partial charge in [-0.25, -0.2) is 0 Å². The second-order valence-electron chi connectivity index (χ2n) is 9.33. The first kappa shape index (κ1) is 25.2. The van der Waals surface area contributed by atoms with Crippen molar-refractivity contribution in [1.82, 2.24) is 14.8 Å². The maximum atomic E-state index is 13.0. The van der Waals surface area contributed by atoms with E-state index in [9.17, 15) is 22.8 Å². The highest BCUT2D eigenvalue weighted by Gasteiger charge is 2.31. The van der Waals surface area contributed by atoms with Crippen LogP contribution in [0.1, 0.15) is 31.9 Å². The van der Waals surface area contributed by atoms with Crippen molar-refractivity contribution in [1.29, 1.82) is 0 Å². The van der Waals surface area contributed by atoms with Gasteiger partial charge in [0.1, 0.15) is 0 Å². The minimum atomic E-state index is -4.47. The molecule has 1 aromatic carbocycles. The Morgan fingerprint density at radius 3 is 2.76 bits per heavy atom. The van der Waals surface area contributed by atoms with E-state index in [1.54, 1.807) is 16.5 Å². The number of anilines is 2. The third-order valence-corrected chi connectivity index (χ3v) is 7.74. The lowest BCUT2D eigenvalue weighted by Gasteiger charge is -2.33. The van der Waals surface area contributed by atoms with Crippen LogP contribution in [0.2, 0.25) is 0 Å². The second-order valence-corrected chi connectivity index (χ2v) is 10.3. The van der Waals surface area contributed by atoms with Gasteiger partial charge in [0.05, 0.1) is 29.6 Å². The number of piperazine rings is 1. The summed E-state index contributed by atoms with van der Waals surface area (Å²) in [6, 6.07) is 6.73. The second kappa shape index (κ2) is 10.1. The Morgan fingerprint density at radius 1 is 1.14 bits per heavy atom. The third-order valence-electron chi connectivity index (χ3n) is 6.73. The molecule has 1 fully saturated rings. The average molecular weight is 530 g/mol. The first-order valence-corrected chi connectivity index (χ1v) is 12.8. The number of carbonyl (C=O) groups excluding carboxylic acids is 2. The zero-order valence-corrected chi connectivity index (χ0v) is 21.0. The summed E-state index contributed by atoms with van der Waals surface area (Å²) in [5.41, 5.74) is 2.76. The number of likely N-dealkylation sites (N-methyl/N-ethyl adjacent to an activating group) is 1. The molecule has 0 unspecified atom stereocenters. The van der Waals surface area contributed by atoms with Crippen LogP contribution < -0.4 is 10.2 Å². The van der Waals surface area contributed by atoms with Crippen LogP contribution in [0, 0.1) is 0 Å². The number of aromatic nitrogens is 1. The Balaban J connectivity index is 1.23. The van der Waals surface area contributed by atoms with E-state index in [1.165, 1.54) is 23.5 Å². The SMILES string of the molecule is CN1CCN(c2cncc(CN3CCc4c(C(=O)Nc5cccc(C(F)(F)F)c5)csc4C3)c2)CC1=O. The molecule has 2 aliphatic heterocycles. The van der Waals surface area contributed by atoms with Gasteiger partial charge in [0.2, 0.25) is 5.91 Å². The minimum Gasteiger partial charge on any atom is -0.359 e. The number of alkyl halides is 3. The molecule has 0 atom stereocenters. The van der Waals surface area contributed by atoms with Crippen molar-refractivity contribution in [3.05, 3.63) is 75.2 Å². The van der Waals surface area contributed by atoms with Crippen molar-refractivity contribution < 1.29 is 22.8 Å². The summed E-state index contributed by atoms with van der Waals surface area (Å²) in [5, 5.41) is 4.40. The van der Waals surface area contributed by atoms with E-state index in [-0.39, 0.29) is 11.6 Å². The van der Waals surface area contributed by atoms with Crippen molar-refractivity contribution >= 4 is 34.5 Å². The number of halogens is 3. The molecule has 2 aliphatic rings. The number of fused-ring (bicyclic) bond motifs is 1. The number of rotatable bonds is 5. The molecule has 2 aromatic heterocycles. The topological polar surface area (TPSA) is 68.8 Å². The van der Waals surface area contributed by atoms with E-state index in [1.807, 2.05) is 18.1 Å². The molecule has 2 amide bonds. The third kappa shape index (κ3) is 5.62. The molecule has 7 nitrogen and oxygen atoms in total. The van der Waals surface area contributed by atoms with Crippen molar-refractivity contribution in [3.63, 3.8) is 0 Å². The highest BCUT2D eigenvalue weighted by molar-refractivity contribution is 7.10. The Hall–Kier alpha value is -3.44. The molecule has 0 aliphatic carbocycles. The summed E-state index contributed by atoms with van der Waals surface area (Å²) in [6.07, 6.45) is -0.183. The average Bonchev–Trinajstić information content (AvgIpc) is 3.29. The van der Waals surface area contributed by atoms with Gasteiger partial charge >= 0.3 is 6.18 Å². The molecule has 3 aromatic rings. The number of benzene rings is 1. The monoisotopic (exact) mass is 529 g/mol. The van der Waals surface area contributed by atoms with Gasteiger partial charge in [0, 0.05) is 61.9 Å². The van der Waals surface area contributed by atoms with E-state index in [4.69, 9.17) is 0 Å². The molecule has 4 heterocycles. The van der Waals surface area contributed by atoms with Crippen LogP contribution >= 0.6 is 11.3 Å². The van der Waals surface area contributed by atoms with Crippen molar-refractivity contribution in [2.24, 2.45) is 0 Å². The maximum absolute atomic E-state index is 13.0. The molecule has 0 radical (unpaired) electrons. The van der Waals surface area contributed by atoms with Gasteiger partial charge in [0.15, 0.2) is 0 Å². The first-order chi connectivity index (χ1) is 17.7. The number of thiophene rings is 1. The predicted octanol–water partition coefficient (Wildman–Crippen LogP) is 4.25. The number of nitrogens with zero attached hydrogens (tertiary/aromatic N) is 4. The quantitative estimate of drug-likeness (QED) is 0.535. The zero-order chi connectivity index (χ0) is 26.2. The van der Waals surface area contributed by atoms with Gasteiger partial charge in [-0.05, 0) is 41.8 Å². The van der Waals surface area contributed by atoms with Crippen molar-refractivity contribution in [3.8, 4) is 0 Å². The van der Waals surface area contributed by atoms with E-state index >= 15 is 0 Å². The van der Waals surface area contributed by atoms with Crippen LogP contribution in [0.4, 0.5) is 24.5 Å². The van der Waals surface area contributed by atoms with Crippen LogP contribution in [0.5, 0.6) is 0 Å². The predicted molar refractivity (Wildman–Crippen MR) is 136 cm³/mol. The molecule has 5 rings (SSSR count). The van der Waals surface area contributed by atoms with Gasteiger partial charge < -0.3 is 15.1 Å². The van der Waals surface area contributed by atoms with Gasteiger partial charge in [-0.3, -0.25) is 19.5 Å². The lowest BCUT2D eigenvalue weighted by Crippen LogP contribution is -2.48. The smallest absolute Gasteiger partial charge is 0.359 e. The summed E-state index contributed by atoms with van der Waals surface area (Å²) >= 11 is 1.49. The van der Waals surface area contributed by atoms with Crippen LogP contribution in [0.3, 0.4) is 0 Å². The molecule has 0 spiro atoms. The van der Waals surface area contributed by atoms with Crippen LogP contribution in [0.25, 0.3) is 0 Å². The molecule has 11 heteroatoms. The fourth-order valence-electron chi connectivity index (χ4n) is 4.65. The Kier molecular flexibility index (Phi) is 6.91. The maximum Gasteiger partial charge on any atom is 0.416 e. The van der Waals surface area contributed by atoms with Crippen LogP contribution in [-0.4, -0.2) is 59.8 Å². The van der Waals surface area contributed by atoms with E-state index in [0.717, 1.165) is 46.9 Å². The summed E-state index contributed by atoms with van der Waals surface area (Å²) in [6.45, 7) is 3.89. The molecule has 1 N–H and O–H groups in total. The van der Waals surface area contributed by atoms with E-state index < -0.39 is 17.6 Å². The number of nitrogens with one attached hydrogen (secondary N) is 1. The summed E-state index contributed by atoms with van der Waals surface area (Å²) in [7, 11) is 1.81. The van der Waals surface area contributed by atoms with Crippen molar-refractivity contribution in [2.75, 3.05) is 43.4 Å². The number of hydrogen-bond donors (Lipinski definition) is 1. The number of hydrogen-bond acceptors (Lipinski definition) is 6. The van der Waals surface area contributed by atoms with Gasteiger partial charge in [-0.2, -0.15) is 13.2 Å². The highest BCUT2D eigenvalue weighted by Crippen LogP contribution is 2.32. The molecular weight excluding hydrogens is 503 g/mol. The summed E-state index contributed by atoms with van der Waals surface area (Å²) in [5.74, 6) is -0.310. The van der Waals surface area contributed by atoms with Gasteiger partial charge in [0.25, 0.3) is 5.91 Å².